The minimum absolute atomic E-state index is 0.0747. The monoisotopic (exact) mass is 498 g/mol. The Hall–Kier alpha value is -3.82. The predicted octanol–water partition coefficient (Wildman–Crippen LogP) is 5.82. The lowest BCUT2D eigenvalue weighted by Crippen LogP contribution is -2.22. The highest BCUT2D eigenvalue weighted by molar-refractivity contribution is 7.98. The highest BCUT2D eigenvalue weighted by Crippen LogP contribution is 2.32. The molecule has 0 atom stereocenters. The van der Waals surface area contributed by atoms with Crippen molar-refractivity contribution in [2.45, 2.75) is 24.4 Å². The molecule has 0 saturated heterocycles. The largest absolute Gasteiger partial charge is 0.298 e. The van der Waals surface area contributed by atoms with E-state index in [4.69, 9.17) is 4.98 Å². The summed E-state index contributed by atoms with van der Waals surface area (Å²) in [5.41, 5.74) is 3.82. The van der Waals surface area contributed by atoms with Crippen LogP contribution >= 0.6 is 23.1 Å². The van der Waals surface area contributed by atoms with Crippen LogP contribution in [0.1, 0.15) is 18.2 Å². The van der Waals surface area contributed by atoms with Gasteiger partial charge >= 0.3 is 0 Å². The Morgan fingerprint density at radius 3 is 2.40 bits per heavy atom. The van der Waals surface area contributed by atoms with Crippen LogP contribution in [0.15, 0.2) is 95.7 Å². The molecule has 0 saturated carbocycles. The van der Waals surface area contributed by atoms with E-state index in [1.54, 1.807) is 36.0 Å². The zero-order valence-corrected chi connectivity index (χ0v) is 20.6. The van der Waals surface area contributed by atoms with E-state index in [0.29, 0.717) is 17.4 Å². The molecule has 35 heavy (non-hydrogen) atoms. The van der Waals surface area contributed by atoms with E-state index in [1.807, 2.05) is 66.0 Å². The van der Waals surface area contributed by atoms with Crippen molar-refractivity contribution < 1.29 is 4.79 Å². The molecule has 0 aliphatic rings. The van der Waals surface area contributed by atoms with E-state index in [9.17, 15) is 4.79 Å². The molecule has 0 aliphatic heterocycles. The van der Waals surface area contributed by atoms with Crippen LogP contribution < -0.4 is 4.90 Å². The van der Waals surface area contributed by atoms with Gasteiger partial charge in [-0.2, -0.15) is 0 Å². The number of hydrogen-bond acceptors (Lipinski definition) is 7. The number of carbonyl (C=O) groups excluding carboxylic acids is 1. The van der Waals surface area contributed by atoms with Gasteiger partial charge in [-0.25, -0.2) is 4.98 Å². The number of para-hydroxylation sites is 1. The number of amides is 1. The molecule has 0 radical (unpaired) electrons. The molecule has 0 bridgehead atoms. The second kappa shape index (κ2) is 10.6. The molecule has 174 valence electrons. The van der Waals surface area contributed by atoms with Gasteiger partial charge in [-0.15, -0.1) is 21.5 Å². The summed E-state index contributed by atoms with van der Waals surface area (Å²) >= 11 is 3.03. The Balaban J connectivity index is 1.39. The van der Waals surface area contributed by atoms with Crippen LogP contribution in [0.3, 0.4) is 0 Å². The van der Waals surface area contributed by atoms with E-state index in [2.05, 4.69) is 31.9 Å². The van der Waals surface area contributed by atoms with Gasteiger partial charge in [0.05, 0.1) is 17.9 Å². The SMILES string of the molecule is CC(=O)N(c1ccccc1)c1nc(CSc2nnc(-c3ccncc3)n2Cc2ccccc2)cs1. The van der Waals surface area contributed by atoms with Crippen LogP contribution in [0.2, 0.25) is 0 Å². The van der Waals surface area contributed by atoms with Gasteiger partial charge in [-0.05, 0) is 29.8 Å². The molecule has 0 unspecified atom stereocenters. The molecule has 0 fully saturated rings. The van der Waals surface area contributed by atoms with E-state index >= 15 is 0 Å². The summed E-state index contributed by atoms with van der Waals surface area (Å²) < 4.78 is 2.12. The second-order valence-electron chi connectivity index (χ2n) is 7.71. The maximum absolute atomic E-state index is 12.4. The Morgan fingerprint density at radius 1 is 0.971 bits per heavy atom. The zero-order valence-electron chi connectivity index (χ0n) is 19.0. The first-order valence-corrected chi connectivity index (χ1v) is 12.9. The summed E-state index contributed by atoms with van der Waals surface area (Å²) in [5.74, 6) is 1.33. The summed E-state index contributed by atoms with van der Waals surface area (Å²) in [7, 11) is 0. The number of thioether (sulfide) groups is 1. The molecular formula is C26H22N6OS2. The highest BCUT2D eigenvalue weighted by atomic mass is 32.2. The third kappa shape index (κ3) is 5.31. The van der Waals surface area contributed by atoms with Gasteiger partial charge in [0.25, 0.3) is 0 Å². The number of benzene rings is 2. The van der Waals surface area contributed by atoms with Crippen molar-refractivity contribution in [1.82, 2.24) is 24.7 Å². The first kappa shape index (κ1) is 22.9. The van der Waals surface area contributed by atoms with Gasteiger partial charge in [-0.3, -0.25) is 19.2 Å². The maximum Gasteiger partial charge on any atom is 0.230 e. The van der Waals surface area contributed by atoms with Crippen LogP contribution in [0.5, 0.6) is 0 Å². The van der Waals surface area contributed by atoms with Crippen molar-refractivity contribution >= 4 is 39.8 Å². The predicted molar refractivity (Wildman–Crippen MR) is 140 cm³/mol. The molecule has 0 aliphatic carbocycles. The van der Waals surface area contributed by atoms with Crippen molar-refractivity contribution in [1.29, 1.82) is 0 Å². The smallest absolute Gasteiger partial charge is 0.230 e. The average Bonchev–Trinajstić information content (AvgIpc) is 3.51. The number of aromatic nitrogens is 5. The molecule has 0 N–H and O–H groups in total. The summed E-state index contributed by atoms with van der Waals surface area (Å²) in [6.07, 6.45) is 3.52. The number of carbonyl (C=O) groups is 1. The normalized spacial score (nSPS) is 10.9. The Labute approximate surface area is 211 Å². The van der Waals surface area contributed by atoms with E-state index in [-0.39, 0.29) is 5.91 Å². The fraction of sp³-hybridized carbons (Fsp3) is 0.115. The van der Waals surface area contributed by atoms with E-state index < -0.39 is 0 Å². The van der Waals surface area contributed by atoms with Gasteiger partial charge < -0.3 is 0 Å². The summed E-state index contributed by atoms with van der Waals surface area (Å²) in [6, 6.07) is 23.7. The molecule has 5 rings (SSSR count). The van der Waals surface area contributed by atoms with Crippen molar-refractivity contribution in [2.75, 3.05) is 4.90 Å². The van der Waals surface area contributed by atoms with Crippen molar-refractivity contribution in [3.8, 4) is 11.4 Å². The molecule has 5 aromatic rings. The molecule has 3 aromatic heterocycles. The van der Waals surface area contributed by atoms with E-state index in [1.165, 1.54) is 16.9 Å². The van der Waals surface area contributed by atoms with Crippen molar-refractivity contribution in [3.63, 3.8) is 0 Å². The maximum atomic E-state index is 12.4. The van der Waals surface area contributed by atoms with Crippen molar-refractivity contribution in [3.05, 3.63) is 102 Å². The number of nitrogens with zero attached hydrogens (tertiary/aromatic N) is 6. The lowest BCUT2D eigenvalue weighted by molar-refractivity contribution is -0.115. The van der Waals surface area contributed by atoms with Gasteiger partial charge in [0.2, 0.25) is 5.91 Å². The number of pyridine rings is 1. The standard InChI is InChI=1S/C26H22N6OS2/c1-19(33)32(23-10-6-3-7-11-23)25-28-22(17-34-25)18-35-26-30-29-24(21-12-14-27-15-13-21)31(26)16-20-8-4-2-5-9-20/h2-15,17H,16,18H2,1H3. The van der Waals surface area contributed by atoms with Crippen molar-refractivity contribution in [2.24, 2.45) is 0 Å². The number of hydrogen-bond donors (Lipinski definition) is 0. The van der Waals surface area contributed by atoms with Crippen LogP contribution in [-0.2, 0) is 17.1 Å². The van der Waals surface area contributed by atoms with Crippen LogP contribution in [0.25, 0.3) is 11.4 Å². The Morgan fingerprint density at radius 2 is 1.69 bits per heavy atom. The number of thiazole rings is 1. The third-order valence-electron chi connectivity index (χ3n) is 5.25. The third-order valence-corrected chi connectivity index (χ3v) is 7.12. The molecule has 7 nitrogen and oxygen atoms in total. The topological polar surface area (TPSA) is 76.8 Å². The van der Waals surface area contributed by atoms with Gasteiger partial charge in [0, 0.05) is 36.0 Å². The first-order valence-electron chi connectivity index (χ1n) is 11.0. The fourth-order valence-electron chi connectivity index (χ4n) is 3.63. The molecule has 0 spiro atoms. The minimum Gasteiger partial charge on any atom is -0.298 e. The van der Waals surface area contributed by atoms with Gasteiger partial charge in [0.15, 0.2) is 16.1 Å². The van der Waals surface area contributed by atoms with Crippen LogP contribution in [-0.4, -0.2) is 30.6 Å². The zero-order chi connectivity index (χ0) is 24.0. The van der Waals surface area contributed by atoms with E-state index in [0.717, 1.165) is 27.9 Å². The summed E-state index contributed by atoms with van der Waals surface area (Å²) in [4.78, 5) is 22.8. The molecule has 9 heteroatoms. The Kier molecular flexibility index (Phi) is 6.97. The molecular weight excluding hydrogens is 476 g/mol. The van der Waals surface area contributed by atoms with Gasteiger partial charge in [-0.1, -0.05) is 60.3 Å². The first-order chi connectivity index (χ1) is 17.2. The average molecular weight is 499 g/mol. The Bertz CT molecular complexity index is 1400. The second-order valence-corrected chi connectivity index (χ2v) is 9.49. The lowest BCUT2D eigenvalue weighted by atomic mass is 10.2. The number of anilines is 2. The quantitative estimate of drug-likeness (QED) is 0.251. The summed E-state index contributed by atoms with van der Waals surface area (Å²) in [6.45, 7) is 2.21. The summed E-state index contributed by atoms with van der Waals surface area (Å²) in [5, 5.41) is 12.4. The van der Waals surface area contributed by atoms with Crippen LogP contribution in [0, 0.1) is 0 Å². The number of rotatable bonds is 8. The fourth-order valence-corrected chi connectivity index (χ4v) is 5.45. The minimum atomic E-state index is -0.0747. The highest BCUT2D eigenvalue weighted by Gasteiger charge is 2.19. The van der Waals surface area contributed by atoms with Crippen LogP contribution in [0.4, 0.5) is 10.8 Å². The van der Waals surface area contributed by atoms with Gasteiger partial charge in [0.1, 0.15) is 0 Å². The molecule has 1 amide bonds. The molecule has 3 heterocycles. The molecule has 2 aromatic carbocycles. The lowest BCUT2D eigenvalue weighted by Gasteiger charge is -2.17.